The van der Waals surface area contributed by atoms with Crippen LogP contribution in [0.25, 0.3) is 0 Å². The first-order valence-electron chi connectivity index (χ1n) is 23.2. The highest BCUT2D eigenvalue weighted by atomic mass is 32.2. The summed E-state index contributed by atoms with van der Waals surface area (Å²) in [4.78, 5) is 155. The lowest BCUT2D eigenvalue weighted by molar-refractivity contribution is -0.142. The van der Waals surface area contributed by atoms with Crippen molar-refractivity contribution in [1.82, 2.24) is 37.2 Å². The van der Waals surface area contributed by atoms with E-state index >= 15 is 0 Å². The van der Waals surface area contributed by atoms with Crippen LogP contribution < -0.4 is 54.4 Å². The number of carboxylic acid groups (broad SMARTS) is 3. The van der Waals surface area contributed by atoms with E-state index in [4.69, 9.17) is 17.2 Å². The summed E-state index contributed by atoms with van der Waals surface area (Å²) in [5.74, 6) is -13.7. The number of thioether (sulfide) groups is 1. The average Bonchev–Trinajstić information content (AvgIpc) is 3.32. The molecule has 0 aromatic heterocycles. The summed E-state index contributed by atoms with van der Waals surface area (Å²) in [6.45, 7) is 3.08. The number of hydrogen-bond donors (Lipinski definition) is 14. The molecule has 26 nitrogen and oxygen atoms in total. The van der Waals surface area contributed by atoms with Crippen molar-refractivity contribution in [3.63, 3.8) is 0 Å². The Morgan fingerprint density at radius 3 is 1.34 bits per heavy atom. The molecule has 9 amide bonds. The van der Waals surface area contributed by atoms with Crippen molar-refractivity contribution in [2.75, 3.05) is 12.0 Å². The van der Waals surface area contributed by atoms with E-state index < -0.39 is 164 Å². The van der Waals surface area contributed by atoms with Gasteiger partial charge in [-0.3, -0.25) is 52.7 Å². The Morgan fingerprint density at radius 1 is 0.500 bits per heavy atom. The fourth-order valence-electron chi connectivity index (χ4n) is 6.99. The number of aliphatic carboxylic acids is 3. The maximum Gasteiger partial charge on any atom is 0.326 e. The van der Waals surface area contributed by atoms with Gasteiger partial charge in [0.1, 0.15) is 48.0 Å². The molecule has 8 unspecified atom stereocenters. The van der Waals surface area contributed by atoms with E-state index in [-0.39, 0.29) is 31.4 Å². The minimum absolute atomic E-state index is 0.0305. The largest absolute Gasteiger partial charge is 0.508 e. The van der Waals surface area contributed by atoms with Crippen molar-refractivity contribution in [2.45, 2.75) is 126 Å². The highest BCUT2D eigenvalue weighted by Crippen LogP contribution is 2.14. The van der Waals surface area contributed by atoms with Crippen LogP contribution in [0.2, 0.25) is 0 Å². The number of carbonyl (C=O) groups excluding carboxylic acids is 9. The second-order valence-corrected chi connectivity index (χ2v) is 18.4. The van der Waals surface area contributed by atoms with E-state index in [1.807, 2.05) is 0 Å². The van der Waals surface area contributed by atoms with Gasteiger partial charge in [-0.25, -0.2) is 4.79 Å². The highest BCUT2D eigenvalue weighted by molar-refractivity contribution is 7.98. The van der Waals surface area contributed by atoms with E-state index in [2.05, 4.69) is 37.2 Å². The van der Waals surface area contributed by atoms with Crippen molar-refractivity contribution < 1.29 is 78.0 Å². The molecule has 2 rings (SSSR count). The zero-order chi connectivity index (χ0) is 55.7. The smallest absolute Gasteiger partial charge is 0.326 e. The van der Waals surface area contributed by atoms with Gasteiger partial charge in [0, 0.05) is 32.1 Å². The van der Waals surface area contributed by atoms with Gasteiger partial charge in [-0.2, -0.15) is 11.8 Å². The molecule has 0 saturated carbocycles. The number of carboxylic acids is 3. The number of nitrogens with two attached hydrogens (primary N) is 3. The molecule has 2 aromatic carbocycles. The summed E-state index contributed by atoms with van der Waals surface area (Å²) in [6, 6.07) is 1.04. The molecule has 17 N–H and O–H groups in total. The third-order valence-electron chi connectivity index (χ3n) is 11.0. The molecule has 74 heavy (non-hydrogen) atoms. The fourth-order valence-corrected chi connectivity index (χ4v) is 7.46. The molecule has 0 saturated heterocycles. The van der Waals surface area contributed by atoms with Crippen LogP contribution >= 0.6 is 11.8 Å². The molecule has 27 heteroatoms. The summed E-state index contributed by atoms with van der Waals surface area (Å²) >= 11 is 1.33. The highest BCUT2D eigenvalue weighted by Gasteiger charge is 2.36. The predicted molar refractivity (Wildman–Crippen MR) is 265 cm³/mol. The molecule has 0 aliphatic rings. The first-order valence-corrected chi connectivity index (χ1v) is 24.6. The molecule has 2 aromatic rings. The Bertz CT molecular complexity index is 2310. The number of benzene rings is 2. The summed E-state index contributed by atoms with van der Waals surface area (Å²) in [6.07, 6.45) is -2.83. The number of carbonyl (C=O) groups is 12. The number of amides is 9. The second kappa shape index (κ2) is 31.6. The molecule has 0 radical (unpaired) electrons. The molecule has 406 valence electrons. The maximum absolute atomic E-state index is 14.3. The number of primary amides is 2. The van der Waals surface area contributed by atoms with Gasteiger partial charge in [-0.05, 0) is 66.9 Å². The van der Waals surface area contributed by atoms with Gasteiger partial charge >= 0.3 is 17.9 Å². The van der Waals surface area contributed by atoms with Crippen LogP contribution in [0.4, 0.5) is 0 Å². The van der Waals surface area contributed by atoms with Crippen molar-refractivity contribution >= 4 is 82.8 Å². The summed E-state index contributed by atoms with van der Waals surface area (Å²) in [5, 5.41) is 55.5. The van der Waals surface area contributed by atoms with Crippen molar-refractivity contribution in [2.24, 2.45) is 23.1 Å². The molecular formula is C47H66N10O16S. The van der Waals surface area contributed by atoms with Gasteiger partial charge in [0.05, 0.1) is 12.5 Å². The lowest BCUT2D eigenvalue weighted by Gasteiger charge is -2.29. The van der Waals surface area contributed by atoms with Crippen LogP contribution in [0.1, 0.15) is 76.3 Å². The van der Waals surface area contributed by atoms with Crippen molar-refractivity contribution in [3.8, 4) is 5.75 Å². The Balaban J connectivity index is 2.51. The Kier molecular flexibility index (Phi) is 26.6. The van der Waals surface area contributed by atoms with Gasteiger partial charge in [0.2, 0.25) is 53.2 Å². The second-order valence-electron chi connectivity index (χ2n) is 17.4. The number of hydrogen-bond acceptors (Lipinski definition) is 15. The molecule has 0 bridgehead atoms. The minimum atomic E-state index is -1.78. The number of phenolic OH excluding ortho intramolecular Hbond substituents is 1. The topological polar surface area (TPSA) is 448 Å². The van der Waals surface area contributed by atoms with Crippen LogP contribution in [0.5, 0.6) is 5.75 Å². The van der Waals surface area contributed by atoms with Gasteiger partial charge < -0.3 is 74.8 Å². The van der Waals surface area contributed by atoms with Crippen LogP contribution in [-0.4, -0.2) is 152 Å². The van der Waals surface area contributed by atoms with Gasteiger partial charge in [0.15, 0.2) is 0 Å². The van der Waals surface area contributed by atoms with E-state index in [9.17, 15) is 78.0 Å². The van der Waals surface area contributed by atoms with Crippen LogP contribution in [0.3, 0.4) is 0 Å². The van der Waals surface area contributed by atoms with Gasteiger partial charge in [-0.1, -0.05) is 56.3 Å². The number of phenols is 1. The molecule has 0 aliphatic carbocycles. The third kappa shape index (κ3) is 23.2. The van der Waals surface area contributed by atoms with Gasteiger partial charge in [0.25, 0.3) is 0 Å². The van der Waals surface area contributed by atoms with Crippen molar-refractivity contribution in [3.05, 3.63) is 65.7 Å². The molecular weight excluding hydrogens is 993 g/mol. The number of rotatable bonds is 34. The summed E-state index contributed by atoms with van der Waals surface area (Å²) in [5.41, 5.74) is 17.1. The van der Waals surface area contributed by atoms with E-state index in [1.165, 1.54) is 49.9 Å². The molecule has 0 spiro atoms. The molecule has 0 heterocycles. The van der Waals surface area contributed by atoms with E-state index in [0.29, 0.717) is 16.9 Å². The normalized spacial score (nSPS) is 14.2. The van der Waals surface area contributed by atoms with Gasteiger partial charge in [-0.15, -0.1) is 0 Å². The Morgan fingerprint density at radius 2 is 0.905 bits per heavy atom. The number of nitrogens with one attached hydrogen (secondary N) is 7. The zero-order valence-electron chi connectivity index (χ0n) is 41.0. The predicted octanol–water partition coefficient (Wildman–Crippen LogP) is -2.74. The molecule has 0 fully saturated rings. The lowest BCUT2D eigenvalue weighted by atomic mass is 9.99. The Labute approximate surface area is 429 Å². The lowest BCUT2D eigenvalue weighted by Crippen LogP contribution is -2.61. The summed E-state index contributed by atoms with van der Waals surface area (Å²) < 4.78 is 0. The standard InChI is InChI=1S/C47H66N10O16S/c1-24(2)39(46(71)53-29(13-16-35(49)59)42(67)54-32(47(72)73)19-20-74-3)57-45(70)34(21-25-7-5-4-6-8-25)56-43(68)31(15-18-38(63)64)51-41(66)30(14-17-37(61)62)52-44(69)33(22-26-9-11-27(58)12-10-26)55-40(65)28(48)23-36(50)60/h4-12,24,28-34,39,58H,13-23,48H2,1-3H3,(H2,49,59)(H2,50,60)(H,51,66)(H,52,69)(H,53,71)(H,54,67)(H,55,65)(H,56,68)(H,57,70)(H,61,62)(H,63,64)(H,72,73). The molecule has 0 aliphatic heterocycles. The first-order chi connectivity index (χ1) is 34.8. The average molecular weight is 1060 g/mol. The fraction of sp³-hybridized carbons (Fsp3) is 0.489. The Hall–Kier alpha value is -7.81. The third-order valence-corrected chi connectivity index (χ3v) is 11.7. The first kappa shape index (κ1) is 62.3. The van der Waals surface area contributed by atoms with E-state index in [1.54, 1.807) is 36.6 Å². The van der Waals surface area contributed by atoms with Crippen LogP contribution in [0.15, 0.2) is 54.6 Å². The molecule has 8 atom stereocenters. The minimum Gasteiger partial charge on any atom is -0.508 e. The maximum atomic E-state index is 14.3. The number of aromatic hydroxyl groups is 1. The SMILES string of the molecule is CSCCC(NC(=O)C(CCC(N)=O)NC(=O)C(NC(=O)C(Cc1ccccc1)NC(=O)C(CCC(=O)O)NC(=O)C(CCC(=O)O)NC(=O)C(Cc1ccc(O)cc1)NC(=O)C(N)CC(N)=O)C(C)C)C(=O)O. The van der Waals surface area contributed by atoms with Crippen molar-refractivity contribution in [1.29, 1.82) is 0 Å². The van der Waals surface area contributed by atoms with Crippen LogP contribution in [-0.2, 0) is 70.4 Å². The van der Waals surface area contributed by atoms with E-state index in [0.717, 1.165) is 0 Å². The monoisotopic (exact) mass is 1060 g/mol. The quantitative estimate of drug-likeness (QED) is 0.0338. The van der Waals surface area contributed by atoms with Crippen LogP contribution in [0, 0.1) is 5.92 Å². The zero-order valence-corrected chi connectivity index (χ0v) is 41.8. The summed E-state index contributed by atoms with van der Waals surface area (Å²) in [7, 11) is 0.